The lowest BCUT2D eigenvalue weighted by Gasteiger charge is -2.31. The van der Waals surface area contributed by atoms with Crippen LogP contribution in [0.3, 0.4) is 0 Å². The molecule has 0 bridgehead atoms. The zero-order valence-electron chi connectivity index (χ0n) is 19.1. The minimum absolute atomic E-state index is 0. The molecule has 186 valence electrons. The Morgan fingerprint density at radius 3 is 2.63 bits per heavy atom. The number of nitrogens with one attached hydrogen (secondary N) is 3. The molecule has 0 spiro atoms. The van der Waals surface area contributed by atoms with Crippen molar-refractivity contribution < 1.29 is 9.59 Å². The zero-order valence-corrected chi connectivity index (χ0v) is 21.6. The summed E-state index contributed by atoms with van der Waals surface area (Å²) in [5.41, 5.74) is 2.82. The summed E-state index contributed by atoms with van der Waals surface area (Å²) in [5.74, 6) is 0.0838. The molecule has 1 unspecified atom stereocenters. The van der Waals surface area contributed by atoms with Gasteiger partial charge in [0.1, 0.15) is 5.65 Å². The number of hydrogen-bond acceptors (Lipinski definition) is 5. The molecular weight excluding hydrogens is 505 g/mol. The van der Waals surface area contributed by atoms with Crippen LogP contribution in [-0.4, -0.2) is 40.3 Å². The lowest BCUT2D eigenvalue weighted by atomic mass is 9.88. The van der Waals surface area contributed by atoms with Crippen LogP contribution >= 0.6 is 36.6 Å². The third-order valence-electron chi connectivity index (χ3n) is 6.25. The van der Waals surface area contributed by atoms with E-state index in [1.807, 2.05) is 59.0 Å². The molecule has 3 N–H and O–H groups in total. The number of rotatable bonds is 7. The molecule has 5 rings (SSSR count). The van der Waals surface area contributed by atoms with Crippen LogP contribution in [0.4, 0.5) is 0 Å². The molecule has 4 heterocycles. The van der Waals surface area contributed by atoms with E-state index < -0.39 is 0 Å². The largest absolute Gasteiger partial charge is 0.352 e. The lowest BCUT2D eigenvalue weighted by molar-refractivity contribution is -0.123. The number of hydrogen-bond donors (Lipinski definition) is 3. The van der Waals surface area contributed by atoms with Gasteiger partial charge in [-0.15, -0.1) is 24.8 Å². The number of halogens is 2. The van der Waals surface area contributed by atoms with Crippen LogP contribution in [0.5, 0.6) is 0 Å². The first-order valence-electron chi connectivity index (χ1n) is 11.4. The number of carbonyl (C=O) groups excluding carboxylic acids is 2. The van der Waals surface area contributed by atoms with E-state index in [1.165, 1.54) is 11.8 Å². The molecule has 0 radical (unpaired) electrons. The number of thioether (sulfide) groups is 1. The highest BCUT2D eigenvalue weighted by Gasteiger charge is 2.29. The molecule has 2 aromatic heterocycles. The van der Waals surface area contributed by atoms with Crippen molar-refractivity contribution in [2.24, 2.45) is 5.92 Å². The Hall–Kier alpha value is -2.52. The monoisotopic (exact) mass is 533 g/mol. The molecule has 1 atom stereocenters. The number of aromatic nitrogens is 2. The van der Waals surface area contributed by atoms with Crippen molar-refractivity contribution in [3.63, 3.8) is 0 Å². The minimum atomic E-state index is -0.209. The summed E-state index contributed by atoms with van der Waals surface area (Å²) in [6, 6.07) is 15.5. The van der Waals surface area contributed by atoms with Crippen LogP contribution in [0.15, 0.2) is 64.7 Å². The Morgan fingerprint density at radius 1 is 1.09 bits per heavy atom. The highest BCUT2D eigenvalue weighted by atomic mass is 35.5. The SMILES string of the molecule is Cl.Cl.O=C(CC(NC(=O)C1=Cc2cnc3cccc(n23)S1)C1CCNCC1)NCc1ccccc1. The fourth-order valence-corrected chi connectivity index (χ4v) is 5.48. The van der Waals surface area contributed by atoms with Crippen molar-refractivity contribution in [3.8, 4) is 0 Å². The summed E-state index contributed by atoms with van der Waals surface area (Å²) < 4.78 is 2.04. The fraction of sp³-hybridized carbons (Fsp3) is 0.320. The number of amides is 2. The predicted octanol–water partition coefficient (Wildman–Crippen LogP) is 3.82. The third-order valence-corrected chi connectivity index (χ3v) is 7.30. The zero-order chi connectivity index (χ0) is 22.6. The molecule has 2 amide bonds. The first-order chi connectivity index (χ1) is 16.2. The minimum Gasteiger partial charge on any atom is -0.352 e. The second kappa shape index (κ2) is 12.4. The Labute approximate surface area is 221 Å². The first kappa shape index (κ1) is 27.1. The summed E-state index contributed by atoms with van der Waals surface area (Å²) in [5, 5.41) is 10.5. The van der Waals surface area contributed by atoms with Gasteiger partial charge >= 0.3 is 0 Å². The van der Waals surface area contributed by atoms with Crippen LogP contribution in [0.2, 0.25) is 0 Å². The molecule has 10 heteroatoms. The molecule has 1 saturated heterocycles. The van der Waals surface area contributed by atoms with E-state index >= 15 is 0 Å². The van der Waals surface area contributed by atoms with E-state index in [9.17, 15) is 9.59 Å². The standard InChI is InChI=1S/C25H27N5O2S.2ClH/c31-23(28-15-17-5-2-1-3-6-17)14-20(18-9-11-26-12-10-18)29-25(32)21-13-19-16-27-22-7-4-8-24(33-21)30(19)22;;/h1-8,13,16,18,20,26H,9-12,14-15H2,(H,28,31)(H,29,32);2*1H. The van der Waals surface area contributed by atoms with Crippen molar-refractivity contribution in [2.45, 2.75) is 36.9 Å². The van der Waals surface area contributed by atoms with Gasteiger partial charge in [-0.25, -0.2) is 4.98 Å². The van der Waals surface area contributed by atoms with Gasteiger partial charge in [-0.1, -0.05) is 48.2 Å². The number of carbonyl (C=O) groups is 2. The lowest BCUT2D eigenvalue weighted by Crippen LogP contribution is -2.47. The summed E-state index contributed by atoms with van der Waals surface area (Å²) in [6.07, 6.45) is 5.81. The van der Waals surface area contributed by atoms with Gasteiger partial charge in [-0.3, -0.25) is 14.0 Å². The van der Waals surface area contributed by atoms with Crippen LogP contribution in [0.1, 0.15) is 30.5 Å². The van der Waals surface area contributed by atoms with Crippen molar-refractivity contribution in [1.29, 1.82) is 0 Å². The molecular formula is C25H29Cl2N5O2S. The normalized spacial score (nSPS) is 15.8. The maximum Gasteiger partial charge on any atom is 0.258 e. The van der Waals surface area contributed by atoms with Gasteiger partial charge in [0, 0.05) is 19.0 Å². The fourth-order valence-electron chi connectivity index (χ4n) is 4.49. The maximum absolute atomic E-state index is 13.3. The quantitative estimate of drug-likeness (QED) is 0.429. The smallest absolute Gasteiger partial charge is 0.258 e. The van der Waals surface area contributed by atoms with E-state index in [4.69, 9.17) is 0 Å². The van der Waals surface area contributed by atoms with E-state index in [0.717, 1.165) is 47.9 Å². The van der Waals surface area contributed by atoms with Crippen molar-refractivity contribution >= 4 is 60.1 Å². The Balaban J connectivity index is 0.00000171. The van der Waals surface area contributed by atoms with E-state index in [0.29, 0.717) is 11.4 Å². The van der Waals surface area contributed by atoms with Crippen LogP contribution < -0.4 is 16.0 Å². The summed E-state index contributed by atoms with van der Waals surface area (Å²) in [6.45, 7) is 2.30. The van der Waals surface area contributed by atoms with E-state index in [-0.39, 0.29) is 55.0 Å². The third kappa shape index (κ3) is 6.38. The van der Waals surface area contributed by atoms with Gasteiger partial charge in [0.15, 0.2) is 0 Å². The Kier molecular flexibility index (Phi) is 9.63. The molecule has 2 aliphatic heterocycles. The molecule has 0 aliphatic carbocycles. The highest BCUT2D eigenvalue weighted by Crippen LogP contribution is 2.34. The second-order valence-corrected chi connectivity index (χ2v) is 9.55. The predicted molar refractivity (Wildman–Crippen MR) is 144 cm³/mol. The average molecular weight is 535 g/mol. The highest BCUT2D eigenvalue weighted by molar-refractivity contribution is 8.04. The Morgan fingerprint density at radius 2 is 1.86 bits per heavy atom. The molecule has 3 aromatic rings. The number of nitrogens with zero attached hydrogens (tertiary/aromatic N) is 2. The van der Waals surface area contributed by atoms with Crippen molar-refractivity contribution in [3.05, 3.63) is 70.9 Å². The van der Waals surface area contributed by atoms with Crippen LogP contribution in [0, 0.1) is 5.92 Å². The maximum atomic E-state index is 13.3. The summed E-state index contributed by atoms with van der Waals surface area (Å²) >= 11 is 1.44. The number of pyridine rings is 1. The second-order valence-electron chi connectivity index (χ2n) is 8.49. The molecule has 0 saturated carbocycles. The van der Waals surface area contributed by atoms with Gasteiger partial charge < -0.3 is 16.0 Å². The van der Waals surface area contributed by atoms with Gasteiger partial charge in [-0.2, -0.15) is 0 Å². The van der Waals surface area contributed by atoms with Gasteiger partial charge in [-0.05, 0) is 55.6 Å². The molecule has 1 fully saturated rings. The van der Waals surface area contributed by atoms with Gasteiger partial charge in [0.25, 0.3) is 5.91 Å². The van der Waals surface area contributed by atoms with Crippen molar-refractivity contribution in [1.82, 2.24) is 25.3 Å². The van der Waals surface area contributed by atoms with Gasteiger partial charge in [0.2, 0.25) is 5.91 Å². The van der Waals surface area contributed by atoms with Crippen LogP contribution in [-0.2, 0) is 16.1 Å². The topological polar surface area (TPSA) is 87.5 Å². The summed E-state index contributed by atoms with van der Waals surface area (Å²) in [4.78, 5) is 31.1. The Bertz CT molecular complexity index is 1200. The molecule has 1 aromatic carbocycles. The van der Waals surface area contributed by atoms with Gasteiger partial charge in [0.05, 0.1) is 21.8 Å². The molecule has 2 aliphatic rings. The van der Waals surface area contributed by atoms with E-state index in [2.05, 4.69) is 20.9 Å². The number of imidazole rings is 1. The van der Waals surface area contributed by atoms with Crippen molar-refractivity contribution in [2.75, 3.05) is 13.1 Å². The van der Waals surface area contributed by atoms with E-state index in [1.54, 1.807) is 6.20 Å². The summed E-state index contributed by atoms with van der Waals surface area (Å²) in [7, 11) is 0. The number of benzene rings is 1. The van der Waals surface area contributed by atoms with Crippen LogP contribution in [0.25, 0.3) is 11.7 Å². The molecule has 35 heavy (non-hydrogen) atoms. The first-order valence-corrected chi connectivity index (χ1v) is 12.2. The average Bonchev–Trinajstić information content (AvgIpc) is 3.28. The molecule has 7 nitrogen and oxygen atoms in total. The number of piperidine rings is 1.